The van der Waals surface area contributed by atoms with E-state index in [1.54, 1.807) is 7.11 Å². The molecule has 0 heterocycles. The maximum Gasteiger partial charge on any atom is 0.302 e. The van der Waals surface area contributed by atoms with E-state index in [-0.39, 0.29) is 46.2 Å². The number of unbranched alkanes of at least 4 members (excludes halogenated alkanes) is 1. The van der Waals surface area contributed by atoms with Crippen LogP contribution in [0.15, 0.2) is 48.6 Å². The molecule has 1 aromatic carbocycles. The Kier molecular flexibility index (Phi) is 16.2. The third-order valence-corrected chi connectivity index (χ3v) is 19.9. The van der Waals surface area contributed by atoms with Crippen molar-refractivity contribution in [1.82, 2.24) is 0 Å². The lowest BCUT2D eigenvalue weighted by Crippen LogP contribution is -2.45. The SMILES string of the molecule is COCc1cccc(CC[C@@H](/C=C/[C@@H]2[C@@H](C/C=C\CCCBr)[C@@H](OC(C)=O)C[C@H]2O[Si](C)(C)C(C)(C)C)O[Si](C)(C)C(C)(C)C)c1. The first-order valence-corrected chi connectivity index (χ1v) is 24.2. The largest absolute Gasteiger partial charge is 0.462 e. The molecule has 2 rings (SSSR count). The van der Waals surface area contributed by atoms with Gasteiger partial charge in [-0.05, 0) is 79.5 Å². The Morgan fingerprint density at radius 2 is 1.65 bits per heavy atom. The fraction of sp³-hybridized carbons (Fsp3) is 0.711. The zero-order valence-electron chi connectivity index (χ0n) is 31.1. The van der Waals surface area contributed by atoms with Crippen LogP contribution in [0.25, 0.3) is 0 Å². The summed E-state index contributed by atoms with van der Waals surface area (Å²) in [6.45, 7) is 25.2. The Labute approximate surface area is 292 Å². The van der Waals surface area contributed by atoms with Gasteiger partial charge in [-0.15, -0.1) is 0 Å². The highest BCUT2D eigenvalue weighted by molar-refractivity contribution is 9.09. The van der Waals surface area contributed by atoms with E-state index >= 15 is 0 Å². The van der Waals surface area contributed by atoms with Gasteiger partial charge in [0.2, 0.25) is 0 Å². The first-order chi connectivity index (χ1) is 21.3. The van der Waals surface area contributed by atoms with Crippen molar-refractivity contribution in [1.29, 1.82) is 0 Å². The van der Waals surface area contributed by atoms with E-state index in [1.165, 1.54) is 18.1 Å². The molecular weight excluding hydrogens is 672 g/mol. The van der Waals surface area contributed by atoms with Crippen molar-refractivity contribution in [3.63, 3.8) is 0 Å². The van der Waals surface area contributed by atoms with Crippen LogP contribution in [0.5, 0.6) is 0 Å². The maximum absolute atomic E-state index is 12.3. The van der Waals surface area contributed by atoms with E-state index in [0.29, 0.717) is 6.61 Å². The number of hydrogen-bond donors (Lipinski definition) is 0. The maximum atomic E-state index is 12.3. The summed E-state index contributed by atoms with van der Waals surface area (Å²) in [4.78, 5) is 12.3. The lowest BCUT2D eigenvalue weighted by molar-refractivity contribution is -0.148. The molecule has 0 saturated heterocycles. The molecule has 1 aromatic rings. The number of carbonyl (C=O) groups excluding carboxylic acids is 1. The second-order valence-electron chi connectivity index (χ2n) is 16.2. The van der Waals surface area contributed by atoms with Gasteiger partial charge in [0.15, 0.2) is 16.6 Å². The van der Waals surface area contributed by atoms with Crippen LogP contribution < -0.4 is 0 Å². The number of benzene rings is 1. The van der Waals surface area contributed by atoms with Gasteiger partial charge in [0.1, 0.15) is 6.10 Å². The molecule has 0 amide bonds. The zero-order valence-corrected chi connectivity index (χ0v) is 34.7. The monoisotopic (exact) mass is 736 g/mol. The highest BCUT2D eigenvalue weighted by atomic mass is 79.9. The van der Waals surface area contributed by atoms with Gasteiger partial charge in [-0.2, -0.15) is 0 Å². The summed E-state index contributed by atoms with van der Waals surface area (Å²) in [6, 6.07) is 8.69. The molecule has 5 nitrogen and oxygen atoms in total. The van der Waals surface area contributed by atoms with E-state index in [9.17, 15) is 4.79 Å². The minimum absolute atomic E-state index is 0.0123. The minimum Gasteiger partial charge on any atom is -0.462 e. The van der Waals surface area contributed by atoms with Gasteiger partial charge < -0.3 is 18.3 Å². The molecule has 0 bridgehead atoms. The van der Waals surface area contributed by atoms with Crippen molar-refractivity contribution in [3.05, 3.63) is 59.7 Å². The molecule has 0 radical (unpaired) electrons. The molecular formula is C38H65BrO5Si2. The van der Waals surface area contributed by atoms with Crippen LogP contribution in [-0.2, 0) is 36.1 Å². The van der Waals surface area contributed by atoms with Crippen molar-refractivity contribution in [2.75, 3.05) is 12.4 Å². The topological polar surface area (TPSA) is 54.0 Å². The molecule has 0 N–H and O–H groups in total. The molecule has 0 spiro atoms. The third kappa shape index (κ3) is 12.8. The summed E-state index contributed by atoms with van der Waals surface area (Å²) in [6.07, 6.45) is 14.6. The quantitative estimate of drug-likeness (QED) is 0.0524. The number of allylic oxidation sites excluding steroid dienone is 2. The molecule has 8 heteroatoms. The second kappa shape index (κ2) is 18.1. The normalized spacial score (nSPS) is 22.2. The summed E-state index contributed by atoms with van der Waals surface area (Å²) in [5.41, 5.74) is 2.49. The highest BCUT2D eigenvalue weighted by Crippen LogP contribution is 2.45. The van der Waals surface area contributed by atoms with Crippen LogP contribution in [0.2, 0.25) is 36.3 Å². The van der Waals surface area contributed by atoms with E-state index in [2.05, 4.69) is 132 Å². The summed E-state index contributed by atoms with van der Waals surface area (Å²) >= 11 is 3.54. The van der Waals surface area contributed by atoms with Gasteiger partial charge in [-0.3, -0.25) is 4.79 Å². The van der Waals surface area contributed by atoms with E-state index in [4.69, 9.17) is 18.3 Å². The lowest BCUT2D eigenvalue weighted by atomic mass is 9.89. The molecule has 262 valence electrons. The van der Waals surface area contributed by atoms with Crippen molar-refractivity contribution in [3.8, 4) is 0 Å². The van der Waals surface area contributed by atoms with Crippen LogP contribution in [0, 0.1) is 11.8 Å². The van der Waals surface area contributed by atoms with Crippen LogP contribution in [0.1, 0.15) is 91.7 Å². The number of ether oxygens (including phenoxy) is 2. The Bertz CT molecular complexity index is 1130. The van der Waals surface area contributed by atoms with E-state index in [1.807, 2.05) is 0 Å². The Hall–Kier alpha value is -1.04. The highest BCUT2D eigenvalue weighted by Gasteiger charge is 2.48. The van der Waals surface area contributed by atoms with Crippen molar-refractivity contribution in [2.24, 2.45) is 11.8 Å². The fourth-order valence-corrected chi connectivity index (χ4v) is 8.60. The molecule has 46 heavy (non-hydrogen) atoms. The Morgan fingerprint density at radius 1 is 1.00 bits per heavy atom. The number of rotatable bonds is 17. The first kappa shape index (κ1) is 41.1. The van der Waals surface area contributed by atoms with Crippen molar-refractivity contribution >= 4 is 38.5 Å². The molecule has 0 unspecified atom stereocenters. The number of aryl methyl sites for hydroxylation is 1. The van der Waals surface area contributed by atoms with E-state index in [0.717, 1.165) is 43.9 Å². The summed E-state index contributed by atoms with van der Waals surface area (Å²) < 4.78 is 25.6. The smallest absolute Gasteiger partial charge is 0.302 e. The average molecular weight is 738 g/mol. The predicted molar refractivity (Wildman–Crippen MR) is 203 cm³/mol. The molecule has 1 aliphatic rings. The Balaban J connectivity index is 2.50. The van der Waals surface area contributed by atoms with Crippen LogP contribution in [0.4, 0.5) is 0 Å². The molecule has 1 aliphatic carbocycles. The van der Waals surface area contributed by atoms with Gasteiger partial charge >= 0.3 is 5.97 Å². The average Bonchev–Trinajstić information content (AvgIpc) is 3.23. The molecule has 1 saturated carbocycles. The van der Waals surface area contributed by atoms with E-state index < -0.39 is 16.6 Å². The summed E-state index contributed by atoms with van der Waals surface area (Å²) in [7, 11) is -2.40. The summed E-state index contributed by atoms with van der Waals surface area (Å²) in [5.74, 6) is 0.0491. The number of methoxy groups -OCH3 is 1. The molecule has 5 atom stereocenters. The predicted octanol–water partition coefficient (Wildman–Crippen LogP) is 10.8. The zero-order chi connectivity index (χ0) is 34.8. The molecule has 0 aromatic heterocycles. The summed E-state index contributed by atoms with van der Waals surface area (Å²) in [5, 5.41) is 1.18. The Morgan fingerprint density at radius 3 is 2.24 bits per heavy atom. The van der Waals surface area contributed by atoms with Gasteiger partial charge in [0, 0.05) is 37.6 Å². The standard InChI is InChI=1S/C38H65BrO5Si2/c1-29(40)42-35-27-36(44-46(11,12)38(5,6)7)34(33(35)20-15-13-14-16-25-39)24-23-32(43-45(9,10)37(2,3)4)22-21-30-18-17-19-31(26-30)28-41-8/h13,15,17-19,23-24,26,32-36H,14,16,20-22,25,27-28H2,1-12H3/b15-13-,24-23+/t32-,33+,34+,35-,36+/m0/s1. The molecule has 1 fully saturated rings. The third-order valence-electron chi connectivity index (χ3n) is 10.3. The van der Waals surface area contributed by atoms with Crippen molar-refractivity contribution in [2.45, 2.75) is 148 Å². The minimum atomic E-state index is -2.08. The van der Waals surface area contributed by atoms with Gasteiger partial charge in [0.05, 0.1) is 18.8 Å². The lowest BCUT2D eigenvalue weighted by Gasteiger charge is -2.40. The van der Waals surface area contributed by atoms with Crippen LogP contribution >= 0.6 is 15.9 Å². The number of carbonyl (C=O) groups is 1. The van der Waals surface area contributed by atoms with Crippen LogP contribution in [-0.4, -0.2) is 53.4 Å². The number of esters is 1. The number of hydrogen-bond acceptors (Lipinski definition) is 5. The number of alkyl halides is 1. The first-order valence-electron chi connectivity index (χ1n) is 17.3. The fourth-order valence-electron chi connectivity index (χ4n) is 5.61. The number of halogens is 1. The van der Waals surface area contributed by atoms with Crippen LogP contribution in [0.3, 0.4) is 0 Å². The van der Waals surface area contributed by atoms with Crippen molar-refractivity contribution < 1.29 is 23.1 Å². The van der Waals surface area contributed by atoms with Gasteiger partial charge in [0.25, 0.3) is 0 Å². The van der Waals surface area contributed by atoms with Gasteiger partial charge in [-0.1, -0.05) is 106 Å². The van der Waals surface area contributed by atoms with Gasteiger partial charge in [-0.25, -0.2) is 0 Å². The molecule has 0 aliphatic heterocycles. The second-order valence-corrected chi connectivity index (χ2v) is 26.5.